The van der Waals surface area contributed by atoms with E-state index in [1.54, 1.807) is 0 Å². The average Bonchev–Trinajstić information content (AvgIpc) is 3.86. The highest BCUT2D eigenvalue weighted by molar-refractivity contribution is 6.08. The van der Waals surface area contributed by atoms with Crippen molar-refractivity contribution in [1.82, 2.24) is 9.91 Å². The predicted octanol–water partition coefficient (Wildman–Crippen LogP) is 9.81. The van der Waals surface area contributed by atoms with Gasteiger partial charge in [-0.2, -0.15) is 15.2 Å². The van der Waals surface area contributed by atoms with Gasteiger partial charge in [-0.05, 0) is 72.4 Å². The lowest BCUT2D eigenvalue weighted by Crippen LogP contribution is -2.47. The highest BCUT2D eigenvalue weighted by Gasteiger charge is 2.49. The Morgan fingerprint density at radius 2 is 1.25 bits per heavy atom. The quantitative estimate of drug-likeness (QED) is 0.148. The number of benzene rings is 5. The molecule has 1 amide bonds. The number of rotatable bonds is 10. The third kappa shape index (κ3) is 6.06. The van der Waals surface area contributed by atoms with Crippen LogP contribution in [0.1, 0.15) is 69.2 Å². The van der Waals surface area contributed by atoms with Crippen LogP contribution in [-0.4, -0.2) is 34.2 Å². The summed E-state index contributed by atoms with van der Waals surface area (Å²) in [5, 5.41) is 9.23. The normalized spacial score (nSPS) is 18.7. The predicted molar refractivity (Wildman–Crippen MR) is 208 cm³/mol. The maximum Gasteiger partial charge on any atom is 0.256 e. The molecular weight excluding hydrogens is 629 g/mol. The maximum atomic E-state index is 13.8. The average molecular weight is 675 g/mol. The van der Waals surface area contributed by atoms with Crippen molar-refractivity contribution in [2.24, 2.45) is 4.99 Å². The Morgan fingerprint density at radius 1 is 0.686 bits per heavy atom. The Hall–Kier alpha value is -5.40. The van der Waals surface area contributed by atoms with Gasteiger partial charge in [-0.15, -0.1) is 0 Å². The number of hydrogen-bond donors (Lipinski definition) is 0. The molecule has 0 bridgehead atoms. The molecule has 7 heteroatoms. The van der Waals surface area contributed by atoms with Gasteiger partial charge in [-0.1, -0.05) is 129 Å². The number of para-hydroxylation sites is 3. The summed E-state index contributed by atoms with van der Waals surface area (Å²) in [4.78, 5) is 20.9. The van der Waals surface area contributed by atoms with Gasteiger partial charge in [-0.25, -0.2) is 5.01 Å². The van der Waals surface area contributed by atoms with Gasteiger partial charge in [0.05, 0.1) is 23.6 Å². The first kappa shape index (κ1) is 32.8. The van der Waals surface area contributed by atoms with E-state index in [9.17, 15) is 4.79 Å². The third-order valence-corrected chi connectivity index (χ3v) is 10.6. The molecule has 2 heterocycles. The van der Waals surface area contributed by atoms with E-state index in [1.807, 2.05) is 4.90 Å². The molecule has 51 heavy (non-hydrogen) atoms. The van der Waals surface area contributed by atoms with Crippen LogP contribution in [0.15, 0.2) is 145 Å². The van der Waals surface area contributed by atoms with Crippen molar-refractivity contribution in [2.75, 3.05) is 22.3 Å². The number of carbonyl (C=O) groups is 1. The second kappa shape index (κ2) is 14.1. The van der Waals surface area contributed by atoms with Crippen molar-refractivity contribution < 1.29 is 4.79 Å². The van der Waals surface area contributed by atoms with Crippen molar-refractivity contribution >= 4 is 28.8 Å². The minimum absolute atomic E-state index is 0.175. The molecule has 7 nitrogen and oxygen atoms in total. The summed E-state index contributed by atoms with van der Waals surface area (Å²) in [5.41, 5.74) is 7.29. The topological polar surface area (TPSA) is 45.6 Å². The molecule has 3 aliphatic rings. The largest absolute Gasteiger partial charge is 0.294 e. The van der Waals surface area contributed by atoms with E-state index in [0.29, 0.717) is 6.54 Å². The lowest BCUT2D eigenvalue weighted by Gasteiger charge is -2.37. The van der Waals surface area contributed by atoms with E-state index in [4.69, 9.17) is 4.99 Å². The second-order valence-corrected chi connectivity index (χ2v) is 13.9. The van der Waals surface area contributed by atoms with E-state index >= 15 is 0 Å². The van der Waals surface area contributed by atoms with Crippen LogP contribution in [0.2, 0.25) is 0 Å². The summed E-state index contributed by atoms with van der Waals surface area (Å²) in [6.07, 6.45) is 6.76. The summed E-state index contributed by atoms with van der Waals surface area (Å²) >= 11 is 0. The minimum Gasteiger partial charge on any atom is -0.294 e. The Labute approximate surface area is 302 Å². The molecule has 0 N–H and O–H groups in total. The maximum absolute atomic E-state index is 13.8. The Morgan fingerprint density at radius 3 is 1.88 bits per heavy atom. The molecule has 1 spiro atoms. The number of carbonyl (C=O) groups excluding carboxylic acids is 1. The van der Waals surface area contributed by atoms with Gasteiger partial charge < -0.3 is 0 Å². The zero-order valence-electron chi connectivity index (χ0n) is 29.6. The summed E-state index contributed by atoms with van der Waals surface area (Å²) in [7, 11) is 2.16. The number of anilines is 3. The van der Waals surface area contributed by atoms with Crippen LogP contribution < -0.4 is 15.2 Å². The summed E-state index contributed by atoms with van der Waals surface area (Å²) < 4.78 is 0. The number of unbranched alkanes of at least 4 members (excludes halogenated alkanes) is 1. The first-order valence-corrected chi connectivity index (χ1v) is 18.4. The van der Waals surface area contributed by atoms with Crippen LogP contribution in [-0.2, 0) is 11.3 Å². The molecule has 5 aromatic carbocycles. The van der Waals surface area contributed by atoms with Crippen LogP contribution in [0.5, 0.6) is 0 Å². The van der Waals surface area contributed by atoms with Gasteiger partial charge in [0.25, 0.3) is 5.91 Å². The number of amides is 1. The van der Waals surface area contributed by atoms with Gasteiger partial charge in [0.1, 0.15) is 17.5 Å². The number of hydrogen-bond acceptors (Lipinski definition) is 6. The molecule has 1 atom stereocenters. The van der Waals surface area contributed by atoms with Gasteiger partial charge in [0.15, 0.2) is 0 Å². The molecule has 1 unspecified atom stereocenters. The Balaban J connectivity index is 1.16. The van der Waals surface area contributed by atoms with Gasteiger partial charge >= 0.3 is 0 Å². The molecule has 258 valence electrons. The molecule has 2 aliphatic heterocycles. The number of amidine groups is 1. The highest BCUT2D eigenvalue weighted by Crippen LogP contribution is 2.46. The van der Waals surface area contributed by atoms with E-state index in [0.717, 1.165) is 84.5 Å². The number of aliphatic imine (C=N–C) groups is 1. The van der Waals surface area contributed by atoms with Crippen LogP contribution in [0.3, 0.4) is 0 Å². The molecule has 5 aromatic rings. The minimum atomic E-state index is -0.513. The van der Waals surface area contributed by atoms with E-state index < -0.39 is 5.54 Å². The molecule has 0 aromatic heterocycles. The highest BCUT2D eigenvalue weighted by atomic mass is 16.2. The standard InChI is InChI=1S/C44H46N6O/c1-3-4-26-41-45-44(31-16-17-32-44)43(51)47(41)33-34-27-29-35(30-28-34)39-24-14-15-25-40(39)42-46(2)49(37-20-10-6-11-21-37)50(38-22-12-7-13-23-38)48(42)36-18-8-5-9-19-36/h5-15,18-25,27-30,42H,3-4,16-17,26,31-33H2,1-2H3. The zero-order valence-corrected chi connectivity index (χ0v) is 29.6. The van der Waals surface area contributed by atoms with Crippen LogP contribution >= 0.6 is 0 Å². The summed E-state index contributed by atoms with van der Waals surface area (Å²) in [6.45, 7) is 2.76. The van der Waals surface area contributed by atoms with E-state index in [2.05, 4.69) is 174 Å². The molecular formula is C44H46N6O. The fraction of sp³-hybridized carbons (Fsp3) is 0.273. The van der Waals surface area contributed by atoms with Crippen molar-refractivity contribution in [3.63, 3.8) is 0 Å². The molecule has 2 fully saturated rings. The van der Waals surface area contributed by atoms with Gasteiger partial charge in [0, 0.05) is 19.0 Å². The van der Waals surface area contributed by atoms with Crippen LogP contribution in [0, 0.1) is 0 Å². The first-order valence-electron chi connectivity index (χ1n) is 18.4. The Bertz CT molecular complexity index is 1980. The number of hydrazine groups is 3. The fourth-order valence-electron chi connectivity index (χ4n) is 8.06. The lowest BCUT2D eigenvalue weighted by molar-refractivity contribution is -0.131. The monoisotopic (exact) mass is 674 g/mol. The molecule has 1 saturated carbocycles. The number of nitrogens with zero attached hydrogens (tertiary/aromatic N) is 6. The fourth-order valence-corrected chi connectivity index (χ4v) is 8.06. The van der Waals surface area contributed by atoms with Crippen molar-refractivity contribution in [1.29, 1.82) is 0 Å². The summed E-state index contributed by atoms with van der Waals surface area (Å²) in [5.74, 6) is 1.19. The second-order valence-electron chi connectivity index (χ2n) is 13.9. The van der Waals surface area contributed by atoms with Crippen molar-refractivity contribution in [3.05, 3.63) is 151 Å². The van der Waals surface area contributed by atoms with E-state index in [1.165, 1.54) is 5.56 Å². The van der Waals surface area contributed by atoms with Crippen molar-refractivity contribution in [3.8, 4) is 11.1 Å². The third-order valence-electron chi connectivity index (χ3n) is 10.6. The molecule has 8 rings (SSSR count). The van der Waals surface area contributed by atoms with Crippen LogP contribution in [0.4, 0.5) is 17.1 Å². The summed E-state index contributed by atoms with van der Waals surface area (Å²) in [6, 6.07) is 49.3. The first-order chi connectivity index (χ1) is 25.1. The van der Waals surface area contributed by atoms with E-state index in [-0.39, 0.29) is 12.1 Å². The molecule has 0 radical (unpaired) electrons. The SMILES string of the molecule is CCCCC1=NC2(CCCC2)C(=O)N1Cc1ccc(-c2ccccc2C2N(C)N(c3ccccc3)N(c3ccccc3)N2c2ccccc2)cc1. The zero-order chi connectivity index (χ0) is 34.8. The van der Waals surface area contributed by atoms with Gasteiger partial charge in [-0.3, -0.25) is 14.7 Å². The van der Waals surface area contributed by atoms with Crippen LogP contribution in [0.25, 0.3) is 11.1 Å². The molecule has 1 aliphatic carbocycles. The smallest absolute Gasteiger partial charge is 0.256 e. The molecule has 1 saturated heterocycles. The van der Waals surface area contributed by atoms with Crippen molar-refractivity contribution in [2.45, 2.75) is 70.1 Å². The Kier molecular flexibility index (Phi) is 9.05. The van der Waals surface area contributed by atoms with Gasteiger partial charge in [0.2, 0.25) is 0 Å². The lowest BCUT2D eigenvalue weighted by atomic mass is 9.96.